The van der Waals surface area contributed by atoms with E-state index in [1.807, 2.05) is 6.92 Å². The highest BCUT2D eigenvalue weighted by molar-refractivity contribution is 7.87. The first-order valence-electron chi connectivity index (χ1n) is 8.71. The van der Waals surface area contributed by atoms with Gasteiger partial charge in [0.1, 0.15) is 10.6 Å². The Morgan fingerprint density at radius 3 is 2.46 bits per heavy atom. The van der Waals surface area contributed by atoms with E-state index in [0.717, 1.165) is 12.5 Å². The minimum absolute atomic E-state index is 0.0489. The summed E-state index contributed by atoms with van der Waals surface area (Å²) >= 11 is 0. The molecular formula is C18H21N3O6S. The van der Waals surface area contributed by atoms with E-state index < -0.39 is 10.1 Å². The summed E-state index contributed by atoms with van der Waals surface area (Å²) in [7, 11) is -4.12. The molecule has 2 aromatic carbocycles. The number of benzene rings is 2. The van der Waals surface area contributed by atoms with Crippen molar-refractivity contribution in [2.45, 2.75) is 18.2 Å². The first-order chi connectivity index (χ1) is 13.3. The predicted molar refractivity (Wildman–Crippen MR) is 101 cm³/mol. The van der Waals surface area contributed by atoms with Crippen molar-refractivity contribution in [3.05, 3.63) is 48.5 Å². The topological polar surface area (TPSA) is 111 Å². The number of carbonyl (C=O) groups excluding carboxylic acids is 1. The lowest BCUT2D eigenvalue weighted by Gasteiger charge is -2.18. The second-order valence-corrected chi connectivity index (χ2v) is 7.79. The Balaban J connectivity index is 1.75. The highest BCUT2D eigenvalue weighted by atomic mass is 32.2. The van der Waals surface area contributed by atoms with Crippen molar-refractivity contribution in [2.75, 3.05) is 29.8 Å². The molecule has 0 saturated carbocycles. The molecule has 2 amide bonds. The zero-order chi connectivity index (χ0) is 20.3. The lowest BCUT2D eigenvalue weighted by molar-refractivity contribution is 0.0291. The summed E-state index contributed by atoms with van der Waals surface area (Å²) in [4.78, 5) is 15.7. The Hall–Kier alpha value is -2.82. The van der Waals surface area contributed by atoms with Gasteiger partial charge in [0.2, 0.25) is 0 Å². The van der Waals surface area contributed by atoms with Crippen molar-refractivity contribution >= 4 is 27.5 Å². The van der Waals surface area contributed by atoms with Gasteiger partial charge in [-0.3, -0.25) is 15.3 Å². The van der Waals surface area contributed by atoms with Crippen LogP contribution >= 0.6 is 0 Å². The standard InChI is InChI=1S/C18H21N3O6S/c1-2-10-19-11-12-20(18(19)22)14-6-8-17(9-7-14)28(25,26)27-16-5-3-4-15(13-16)21(23)24/h3-9,13,23-24H,2,10-12H2,1H3. The lowest BCUT2D eigenvalue weighted by Crippen LogP contribution is -2.32. The van der Waals surface area contributed by atoms with Crippen LogP contribution in [0.1, 0.15) is 13.3 Å². The first-order valence-corrected chi connectivity index (χ1v) is 10.1. The van der Waals surface area contributed by atoms with Crippen LogP contribution < -0.4 is 14.3 Å². The van der Waals surface area contributed by atoms with E-state index in [1.165, 1.54) is 30.3 Å². The number of hydrogen-bond acceptors (Lipinski definition) is 7. The van der Waals surface area contributed by atoms with Crippen LogP contribution in [0.2, 0.25) is 0 Å². The molecule has 9 nitrogen and oxygen atoms in total. The average Bonchev–Trinajstić information content (AvgIpc) is 3.02. The average molecular weight is 407 g/mol. The summed E-state index contributed by atoms with van der Waals surface area (Å²) in [5.41, 5.74) is 0.563. The minimum Gasteiger partial charge on any atom is -0.379 e. The Bertz CT molecular complexity index is 946. The van der Waals surface area contributed by atoms with Crippen molar-refractivity contribution in [3.8, 4) is 5.75 Å². The molecule has 0 aliphatic carbocycles. The smallest absolute Gasteiger partial charge is 0.339 e. The third-order valence-corrected chi connectivity index (χ3v) is 5.54. The fourth-order valence-corrected chi connectivity index (χ4v) is 3.85. The van der Waals surface area contributed by atoms with Crippen LogP contribution in [0.5, 0.6) is 5.75 Å². The van der Waals surface area contributed by atoms with Gasteiger partial charge in [0.05, 0.1) is 5.69 Å². The number of carbonyl (C=O) groups is 1. The fraction of sp³-hybridized carbons (Fsp3) is 0.278. The zero-order valence-corrected chi connectivity index (χ0v) is 16.0. The molecule has 0 unspecified atom stereocenters. The fourth-order valence-electron chi connectivity index (χ4n) is 2.93. The van der Waals surface area contributed by atoms with E-state index in [2.05, 4.69) is 0 Å². The first kappa shape index (κ1) is 19.9. The normalized spacial score (nSPS) is 14.5. The minimum atomic E-state index is -4.12. The molecule has 28 heavy (non-hydrogen) atoms. The largest absolute Gasteiger partial charge is 0.379 e. The van der Waals surface area contributed by atoms with Gasteiger partial charge in [-0.05, 0) is 42.8 Å². The van der Waals surface area contributed by atoms with E-state index in [0.29, 0.717) is 25.3 Å². The van der Waals surface area contributed by atoms with Crippen LogP contribution in [-0.4, -0.2) is 49.4 Å². The highest BCUT2D eigenvalue weighted by Gasteiger charge is 2.29. The molecule has 10 heteroatoms. The Morgan fingerprint density at radius 2 is 1.82 bits per heavy atom. The SMILES string of the molecule is CCCN1CCN(c2ccc(S(=O)(=O)Oc3cccc(N(O)O)c3)cc2)C1=O. The van der Waals surface area contributed by atoms with Gasteiger partial charge in [0, 0.05) is 31.4 Å². The molecular weight excluding hydrogens is 386 g/mol. The molecule has 2 N–H and O–H groups in total. The monoisotopic (exact) mass is 407 g/mol. The molecule has 1 aliphatic rings. The molecule has 1 saturated heterocycles. The van der Waals surface area contributed by atoms with E-state index in [-0.39, 0.29) is 27.6 Å². The van der Waals surface area contributed by atoms with E-state index in [1.54, 1.807) is 21.9 Å². The van der Waals surface area contributed by atoms with Gasteiger partial charge in [0.15, 0.2) is 0 Å². The molecule has 1 heterocycles. The number of hydrogen-bond donors (Lipinski definition) is 2. The van der Waals surface area contributed by atoms with Gasteiger partial charge in [-0.15, -0.1) is 5.23 Å². The van der Waals surface area contributed by atoms with Crippen LogP contribution in [0.15, 0.2) is 53.4 Å². The maximum absolute atomic E-state index is 12.5. The Kier molecular flexibility index (Phi) is 5.73. The second-order valence-electron chi connectivity index (χ2n) is 6.24. The maximum atomic E-state index is 12.5. The zero-order valence-electron chi connectivity index (χ0n) is 15.2. The third-order valence-electron chi connectivity index (χ3n) is 4.28. The van der Waals surface area contributed by atoms with Crippen molar-refractivity contribution in [3.63, 3.8) is 0 Å². The lowest BCUT2D eigenvalue weighted by atomic mass is 10.3. The van der Waals surface area contributed by atoms with Crippen LogP contribution in [0.4, 0.5) is 16.2 Å². The summed E-state index contributed by atoms with van der Waals surface area (Å²) in [6.07, 6.45) is 0.875. The van der Waals surface area contributed by atoms with E-state index in [9.17, 15) is 13.2 Å². The molecule has 1 fully saturated rings. The van der Waals surface area contributed by atoms with E-state index in [4.69, 9.17) is 14.6 Å². The molecule has 0 atom stereocenters. The van der Waals surface area contributed by atoms with Gasteiger partial charge >= 0.3 is 16.1 Å². The summed E-state index contributed by atoms with van der Waals surface area (Å²) in [6, 6.07) is 11.1. The molecule has 3 rings (SSSR count). The number of amides is 2. The Morgan fingerprint density at radius 1 is 1.11 bits per heavy atom. The number of anilines is 2. The van der Waals surface area contributed by atoms with Crippen LogP contribution in [-0.2, 0) is 10.1 Å². The number of rotatable bonds is 7. The predicted octanol–water partition coefficient (Wildman–Crippen LogP) is 2.69. The van der Waals surface area contributed by atoms with Gasteiger partial charge < -0.3 is 9.08 Å². The number of nitrogens with zero attached hydrogens (tertiary/aromatic N) is 3. The molecule has 2 aromatic rings. The van der Waals surface area contributed by atoms with Crippen LogP contribution in [0, 0.1) is 0 Å². The molecule has 0 radical (unpaired) electrons. The maximum Gasteiger partial charge on any atom is 0.339 e. The molecule has 0 spiro atoms. The Labute approximate surface area is 163 Å². The van der Waals surface area contributed by atoms with Crippen LogP contribution in [0.25, 0.3) is 0 Å². The van der Waals surface area contributed by atoms with Gasteiger partial charge in [-0.25, -0.2) is 4.79 Å². The molecule has 0 bridgehead atoms. The van der Waals surface area contributed by atoms with Gasteiger partial charge in [0.25, 0.3) is 0 Å². The van der Waals surface area contributed by atoms with Crippen molar-refractivity contribution in [1.29, 1.82) is 0 Å². The quantitative estimate of drug-likeness (QED) is 0.536. The second kappa shape index (κ2) is 8.05. The summed E-state index contributed by atoms with van der Waals surface area (Å²) in [5.74, 6) is -0.0698. The van der Waals surface area contributed by atoms with Gasteiger partial charge in [-0.2, -0.15) is 8.42 Å². The molecule has 1 aliphatic heterocycles. The molecule has 0 aromatic heterocycles. The number of urea groups is 1. The van der Waals surface area contributed by atoms with Crippen molar-refractivity contribution in [1.82, 2.24) is 4.90 Å². The summed E-state index contributed by atoms with van der Waals surface area (Å²) < 4.78 is 30.0. The van der Waals surface area contributed by atoms with Gasteiger partial charge in [-0.1, -0.05) is 13.0 Å². The summed E-state index contributed by atoms with van der Waals surface area (Å²) in [6.45, 7) is 3.88. The van der Waals surface area contributed by atoms with E-state index >= 15 is 0 Å². The summed E-state index contributed by atoms with van der Waals surface area (Å²) in [5, 5.41) is 17.9. The third kappa shape index (κ3) is 4.19. The van der Waals surface area contributed by atoms with Crippen molar-refractivity contribution in [2.24, 2.45) is 0 Å². The van der Waals surface area contributed by atoms with Crippen LogP contribution in [0.3, 0.4) is 0 Å². The molecule has 150 valence electrons. The highest BCUT2D eigenvalue weighted by Crippen LogP contribution is 2.26. The van der Waals surface area contributed by atoms with Crippen molar-refractivity contribution < 1.29 is 27.8 Å².